The maximum absolute atomic E-state index is 13.1. The number of epoxide rings is 2. The fourth-order valence-electron chi connectivity index (χ4n) is 3.69. The molecule has 8 nitrogen and oxygen atoms in total. The molecule has 0 aromatic heterocycles. The van der Waals surface area contributed by atoms with E-state index in [1.165, 1.54) is 0 Å². The third-order valence-electron chi connectivity index (χ3n) is 5.74. The van der Waals surface area contributed by atoms with E-state index in [2.05, 4.69) is 0 Å². The molecule has 2 aromatic carbocycles. The largest absolute Gasteiger partial charge is 0.490 e. The predicted molar refractivity (Wildman–Crippen MR) is 115 cm³/mol. The molecule has 3 heterocycles. The summed E-state index contributed by atoms with van der Waals surface area (Å²) in [5, 5.41) is 0. The maximum atomic E-state index is 13.1. The van der Waals surface area contributed by atoms with Crippen molar-refractivity contribution in [1.29, 1.82) is 0 Å². The van der Waals surface area contributed by atoms with Crippen molar-refractivity contribution in [3.8, 4) is 11.5 Å². The van der Waals surface area contributed by atoms with Gasteiger partial charge in [-0.3, -0.25) is 9.59 Å². The minimum atomic E-state index is -0.0856. The van der Waals surface area contributed by atoms with Crippen molar-refractivity contribution in [2.75, 3.05) is 52.6 Å². The molecule has 3 fully saturated rings. The lowest BCUT2D eigenvalue weighted by atomic mass is 10.1. The lowest BCUT2D eigenvalue weighted by Crippen LogP contribution is -2.50. The highest BCUT2D eigenvalue weighted by Crippen LogP contribution is 2.25. The van der Waals surface area contributed by atoms with Gasteiger partial charge in [-0.15, -0.1) is 0 Å². The van der Waals surface area contributed by atoms with Crippen LogP contribution in [-0.2, 0) is 9.47 Å². The second-order valence-electron chi connectivity index (χ2n) is 8.11. The Labute approximate surface area is 186 Å². The molecule has 168 valence electrons. The molecule has 0 aliphatic carbocycles. The molecule has 5 rings (SSSR count). The average molecular weight is 438 g/mol. The Morgan fingerprint density at radius 3 is 1.47 bits per heavy atom. The molecule has 0 saturated carbocycles. The Kier molecular flexibility index (Phi) is 5.96. The number of carbonyl (C=O) groups is 2. The number of benzene rings is 2. The topological polar surface area (TPSA) is 84.1 Å². The number of hydrogen-bond acceptors (Lipinski definition) is 6. The van der Waals surface area contributed by atoms with Crippen LogP contribution < -0.4 is 9.47 Å². The minimum Gasteiger partial charge on any atom is -0.490 e. The van der Waals surface area contributed by atoms with E-state index in [9.17, 15) is 9.59 Å². The Morgan fingerprint density at radius 2 is 1.09 bits per heavy atom. The Bertz CT molecular complexity index is 900. The van der Waals surface area contributed by atoms with Gasteiger partial charge in [-0.2, -0.15) is 0 Å². The van der Waals surface area contributed by atoms with Gasteiger partial charge in [0.2, 0.25) is 0 Å². The Balaban J connectivity index is 1.20. The van der Waals surface area contributed by atoms with Crippen LogP contribution in [0.4, 0.5) is 0 Å². The second-order valence-corrected chi connectivity index (χ2v) is 8.11. The molecule has 0 unspecified atom stereocenters. The summed E-state index contributed by atoms with van der Waals surface area (Å²) >= 11 is 0. The van der Waals surface area contributed by atoms with Crippen LogP contribution >= 0.6 is 0 Å². The van der Waals surface area contributed by atoms with Crippen LogP contribution in [0.2, 0.25) is 0 Å². The Morgan fingerprint density at radius 1 is 0.719 bits per heavy atom. The summed E-state index contributed by atoms with van der Waals surface area (Å²) in [6.45, 7) is 4.14. The van der Waals surface area contributed by atoms with Gasteiger partial charge in [0, 0.05) is 26.2 Å². The number of amides is 2. The summed E-state index contributed by atoms with van der Waals surface area (Å²) in [4.78, 5) is 29.8. The highest BCUT2D eigenvalue weighted by molar-refractivity contribution is 5.98. The normalized spacial score (nSPS) is 21.8. The summed E-state index contributed by atoms with van der Waals surface area (Å²) in [6, 6.07) is 14.5. The average Bonchev–Trinajstić information content (AvgIpc) is 3.76. The zero-order chi connectivity index (χ0) is 21.9. The third-order valence-corrected chi connectivity index (χ3v) is 5.74. The van der Waals surface area contributed by atoms with Crippen LogP contribution in [0.5, 0.6) is 11.5 Å². The number of hydrogen-bond donors (Lipinski definition) is 0. The van der Waals surface area contributed by atoms with Gasteiger partial charge in [0.15, 0.2) is 0 Å². The van der Waals surface area contributed by atoms with Gasteiger partial charge < -0.3 is 28.7 Å². The van der Waals surface area contributed by atoms with Crippen molar-refractivity contribution in [2.45, 2.75) is 12.2 Å². The minimum absolute atomic E-state index is 0.0856. The molecule has 8 heteroatoms. The number of ether oxygens (including phenoxy) is 4. The lowest BCUT2D eigenvalue weighted by Gasteiger charge is -2.35. The number of para-hydroxylation sites is 2. The van der Waals surface area contributed by atoms with E-state index in [0.717, 1.165) is 0 Å². The van der Waals surface area contributed by atoms with E-state index in [1.807, 2.05) is 24.3 Å². The fourth-order valence-corrected chi connectivity index (χ4v) is 3.69. The van der Waals surface area contributed by atoms with Crippen LogP contribution in [0, 0.1) is 0 Å². The van der Waals surface area contributed by atoms with Crippen LogP contribution in [-0.4, -0.2) is 86.4 Å². The fraction of sp³-hybridized carbons (Fsp3) is 0.417. The molecule has 0 N–H and O–H groups in total. The molecule has 2 atom stereocenters. The van der Waals surface area contributed by atoms with Crippen molar-refractivity contribution in [1.82, 2.24) is 9.80 Å². The third kappa shape index (κ3) is 4.87. The highest BCUT2D eigenvalue weighted by Gasteiger charge is 2.30. The monoisotopic (exact) mass is 438 g/mol. The smallest absolute Gasteiger partial charge is 0.257 e. The first kappa shape index (κ1) is 20.8. The first-order chi connectivity index (χ1) is 15.7. The van der Waals surface area contributed by atoms with Gasteiger partial charge in [-0.05, 0) is 24.3 Å². The first-order valence-corrected chi connectivity index (χ1v) is 10.9. The van der Waals surface area contributed by atoms with Crippen molar-refractivity contribution in [3.63, 3.8) is 0 Å². The molecule has 32 heavy (non-hydrogen) atoms. The van der Waals surface area contributed by atoms with Crippen LogP contribution in [0.3, 0.4) is 0 Å². The van der Waals surface area contributed by atoms with E-state index in [-0.39, 0.29) is 24.0 Å². The number of carbonyl (C=O) groups excluding carboxylic acids is 2. The molecule has 3 saturated heterocycles. The second kappa shape index (κ2) is 9.18. The van der Waals surface area contributed by atoms with Gasteiger partial charge in [0.25, 0.3) is 11.8 Å². The van der Waals surface area contributed by atoms with Gasteiger partial charge in [-0.25, -0.2) is 0 Å². The quantitative estimate of drug-likeness (QED) is 0.585. The van der Waals surface area contributed by atoms with Crippen LogP contribution in [0.25, 0.3) is 0 Å². The molecule has 0 spiro atoms. The summed E-state index contributed by atoms with van der Waals surface area (Å²) < 4.78 is 21.9. The van der Waals surface area contributed by atoms with Crippen LogP contribution in [0.15, 0.2) is 48.5 Å². The van der Waals surface area contributed by atoms with Crippen molar-refractivity contribution >= 4 is 11.8 Å². The van der Waals surface area contributed by atoms with E-state index < -0.39 is 0 Å². The van der Waals surface area contributed by atoms with Gasteiger partial charge in [0.05, 0.1) is 24.3 Å². The maximum Gasteiger partial charge on any atom is 0.257 e. The van der Waals surface area contributed by atoms with Gasteiger partial charge >= 0.3 is 0 Å². The van der Waals surface area contributed by atoms with Crippen molar-refractivity contribution in [3.05, 3.63) is 59.7 Å². The molecule has 3 aliphatic rings. The number of piperazine rings is 1. The van der Waals surface area contributed by atoms with E-state index in [4.69, 9.17) is 18.9 Å². The SMILES string of the molecule is O=C(c1ccccc1OC[C@@H]1CO1)N1CCN(C(=O)c2ccccc2OC[C@@H]2CO2)CC1. The zero-order valence-electron chi connectivity index (χ0n) is 17.8. The Hall–Kier alpha value is -3.10. The first-order valence-electron chi connectivity index (χ1n) is 10.9. The summed E-state index contributed by atoms with van der Waals surface area (Å²) in [5.74, 6) is 0.963. The molecular weight excluding hydrogens is 412 g/mol. The summed E-state index contributed by atoms with van der Waals surface area (Å²) in [7, 11) is 0. The van der Waals surface area contributed by atoms with E-state index in [0.29, 0.717) is 75.2 Å². The van der Waals surface area contributed by atoms with Crippen molar-refractivity contribution < 1.29 is 28.5 Å². The van der Waals surface area contributed by atoms with E-state index >= 15 is 0 Å². The van der Waals surface area contributed by atoms with Crippen LogP contribution in [0.1, 0.15) is 20.7 Å². The standard InChI is InChI=1S/C24H26N2O6/c27-23(19-5-1-3-7-21(19)31-15-17-13-29-17)25-9-11-26(12-10-25)24(28)20-6-2-4-8-22(20)32-16-18-14-30-18/h1-8,17-18H,9-16H2/t17-,18-/m0/s1. The molecule has 2 aromatic rings. The molecule has 3 aliphatic heterocycles. The number of nitrogens with zero attached hydrogens (tertiary/aromatic N) is 2. The van der Waals surface area contributed by atoms with Crippen molar-refractivity contribution in [2.24, 2.45) is 0 Å². The number of rotatable bonds is 8. The van der Waals surface area contributed by atoms with E-state index in [1.54, 1.807) is 34.1 Å². The zero-order valence-corrected chi connectivity index (χ0v) is 17.8. The highest BCUT2D eigenvalue weighted by atomic mass is 16.6. The van der Waals surface area contributed by atoms with Gasteiger partial charge in [-0.1, -0.05) is 24.3 Å². The molecular formula is C24H26N2O6. The molecule has 2 amide bonds. The molecule has 0 radical (unpaired) electrons. The summed E-state index contributed by atoms with van der Waals surface area (Å²) in [6.07, 6.45) is 0.243. The lowest BCUT2D eigenvalue weighted by molar-refractivity contribution is 0.0530. The predicted octanol–water partition coefficient (Wildman–Crippen LogP) is 1.84. The summed E-state index contributed by atoms with van der Waals surface area (Å²) in [5.41, 5.74) is 1.07. The molecule has 0 bridgehead atoms. The van der Waals surface area contributed by atoms with Gasteiger partial charge in [0.1, 0.15) is 36.9 Å².